The summed E-state index contributed by atoms with van der Waals surface area (Å²) in [6.07, 6.45) is 4.15. The van der Waals surface area contributed by atoms with Crippen LogP contribution in [0.4, 0.5) is 0 Å². The Morgan fingerprint density at radius 3 is 2.19 bits per heavy atom. The molecule has 0 radical (unpaired) electrons. The zero-order valence-corrected chi connectivity index (χ0v) is 11.9. The van der Waals surface area contributed by atoms with Crippen molar-refractivity contribution < 1.29 is 0 Å². The fourth-order valence-electron chi connectivity index (χ4n) is 2.61. The largest absolute Gasteiger partial charge is 0.313 e. The van der Waals surface area contributed by atoms with Crippen molar-refractivity contribution in [2.24, 2.45) is 5.92 Å². The molecule has 1 aliphatic rings. The first-order valence-corrected chi connectivity index (χ1v) is 6.86. The summed E-state index contributed by atoms with van der Waals surface area (Å²) in [5, 5.41) is 3.48. The van der Waals surface area contributed by atoms with E-state index in [1.807, 2.05) is 0 Å². The van der Waals surface area contributed by atoms with E-state index >= 15 is 0 Å². The van der Waals surface area contributed by atoms with Crippen LogP contribution in [-0.4, -0.2) is 7.05 Å². The van der Waals surface area contributed by atoms with Crippen LogP contribution in [0.25, 0.3) is 0 Å². The van der Waals surface area contributed by atoms with Crippen LogP contribution in [0, 0.1) is 19.8 Å². The topological polar surface area (TPSA) is 12.0 Å². The molecule has 2 heteroatoms. The molecule has 0 spiro atoms. The lowest BCUT2D eigenvalue weighted by Gasteiger charge is -2.34. The van der Waals surface area contributed by atoms with Crippen LogP contribution >= 0.6 is 15.9 Å². The van der Waals surface area contributed by atoms with Gasteiger partial charge in [0.05, 0.1) is 0 Å². The molecule has 1 atom stereocenters. The van der Waals surface area contributed by atoms with Gasteiger partial charge in [-0.3, -0.25) is 0 Å². The lowest BCUT2D eigenvalue weighted by atomic mass is 9.77. The summed E-state index contributed by atoms with van der Waals surface area (Å²) in [7, 11) is 2.08. The second-order valence-corrected chi connectivity index (χ2v) is 5.72. The maximum absolute atomic E-state index is 3.63. The molecule has 0 heterocycles. The van der Waals surface area contributed by atoms with Crippen LogP contribution < -0.4 is 5.32 Å². The lowest BCUT2D eigenvalue weighted by molar-refractivity contribution is 0.239. The first-order chi connectivity index (χ1) is 7.63. The van der Waals surface area contributed by atoms with Crippen LogP contribution in [0.3, 0.4) is 0 Å². The third-order valence-corrected chi connectivity index (χ3v) is 5.00. The third kappa shape index (κ3) is 2.18. The van der Waals surface area contributed by atoms with Gasteiger partial charge in [0.1, 0.15) is 0 Å². The number of nitrogens with one attached hydrogen (secondary N) is 1. The zero-order valence-electron chi connectivity index (χ0n) is 10.3. The Kier molecular flexibility index (Phi) is 3.70. The molecule has 1 N–H and O–H groups in total. The van der Waals surface area contributed by atoms with Crippen molar-refractivity contribution in [3.05, 3.63) is 33.3 Å². The standard InChI is InChI=1S/C14H20BrN/c1-9-7-12(8-10(2)13(9)15)14(16-3)11-5-4-6-11/h7-8,11,14,16H,4-6H2,1-3H3. The molecule has 1 saturated carbocycles. The van der Waals surface area contributed by atoms with E-state index < -0.39 is 0 Å². The number of hydrogen-bond donors (Lipinski definition) is 1. The summed E-state index contributed by atoms with van der Waals surface area (Å²) in [6, 6.07) is 5.17. The molecule has 1 unspecified atom stereocenters. The summed E-state index contributed by atoms with van der Waals surface area (Å²) < 4.78 is 1.25. The van der Waals surface area contributed by atoms with E-state index in [1.54, 1.807) is 0 Å². The van der Waals surface area contributed by atoms with E-state index in [4.69, 9.17) is 0 Å². The van der Waals surface area contributed by atoms with Gasteiger partial charge in [-0.15, -0.1) is 0 Å². The number of benzene rings is 1. The van der Waals surface area contributed by atoms with Crippen molar-refractivity contribution >= 4 is 15.9 Å². The van der Waals surface area contributed by atoms with Gasteiger partial charge in [-0.1, -0.05) is 34.5 Å². The minimum atomic E-state index is 0.541. The predicted octanol–water partition coefficient (Wildman–Crippen LogP) is 4.13. The summed E-state index contributed by atoms with van der Waals surface area (Å²) in [5.41, 5.74) is 4.13. The van der Waals surface area contributed by atoms with Gasteiger partial charge in [-0.2, -0.15) is 0 Å². The van der Waals surface area contributed by atoms with Crippen LogP contribution in [0.5, 0.6) is 0 Å². The van der Waals surface area contributed by atoms with Crippen molar-refractivity contribution in [2.45, 2.75) is 39.2 Å². The molecule has 88 valence electrons. The zero-order chi connectivity index (χ0) is 11.7. The van der Waals surface area contributed by atoms with Crippen LogP contribution in [0.1, 0.15) is 42.0 Å². The molecule has 1 fully saturated rings. The van der Waals surface area contributed by atoms with E-state index in [9.17, 15) is 0 Å². The molecule has 0 bridgehead atoms. The molecule has 2 rings (SSSR count). The summed E-state index contributed by atoms with van der Waals surface area (Å²) in [6.45, 7) is 4.35. The van der Waals surface area contributed by atoms with E-state index in [0.717, 1.165) is 5.92 Å². The first-order valence-electron chi connectivity index (χ1n) is 6.07. The Morgan fingerprint density at radius 2 is 1.81 bits per heavy atom. The van der Waals surface area contributed by atoms with Crippen LogP contribution in [-0.2, 0) is 0 Å². The maximum atomic E-state index is 3.63. The number of halogens is 1. The lowest BCUT2D eigenvalue weighted by Crippen LogP contribution is -2.29. The molecule has 0 aromatic heterocycles. The first kappa shape index (κ1) is 12.1. The van der Waals surface area contributed by atoms with Gasteiger partial charge in [-0.05, 0) is 56.3 Å². The fourth-order valence-corrected chi connectivity index (χ4v) is 2.84. The second kappa shape index (κ2) is 4.89. The summed E-state index contributed by atoms with van der Waals surface area (Å²) in [4.78, 5) is 0. The second-order valence-electron chi connectivity index (χ2n) is 4.93. The molecular weight excluding hydrogens is 262 g/mol. The Hall–Kier alpha value is -0.340. The number of aryl methyl sites for hydroxylation is 2. The quantitative estimate of drug-likeness (QED) is 0.879. The molecule has 16 heavy (non-hydrogen) atoms. The smallest absolute Gasteiger partial charge is 0.0346 e. The highest BCUT2D eigenvalue weighted by molar-refractivity contribution is 9.10. The minimum Gasteiger partial charge on any atom is -0.313 e. The van der Waals surface area contributed by atoms with Gasteiger partial charge in [0.15, 0.2) is 0 Å². The van der Waals surface area contributed by atoms with E-state index in [-0.39, 0.29) is 0 Å². The Morgan fingerprint density at radius 1 is 1.25 bits per heavy atom. The average molecular weight is 282 g/mol. The SMILES string of the molecule is CNC(c1cc(C)c(Br)c(C)c1)C1CCC1. The van der Waals surface area contributed by atoms with Gasteiger partial charge in [-0.25, -0.2) is 0 Å². The molecule has 1 nitrogen and oxygen atoms in total. The van der Waals surface area contributed by atoms with Gasteiger partial charge in [0.2, 0.25) is 0 Å². The highest BCUT2D eigenvalue weighted by Gasteiger charge is 2.27. The molecular formula is C14H20BrN. The van der Waals surface area contributed by atoms with Gasteiger partial charge in [0, 0.05) is 10.5 Å². The highest BCUT2D eigenvalue weighted by Crippen LogP contribution is 2.38. The van der Waals surface area contributed by atoms with Gasteiger partial charge >= 0.3 is 0 Å². The monoisotopic (exact) mass is 281 g/mol. The predicted molar refractivity (Wildman–Crippen MR) is 72.8 cm³/mol. The highest BCUT2D eigenvalue weighted by atomic mass is 79.9. The van der Waals surface area contributed by atoms with Crippen molar-refractivity contribution in [3.63, 3.8) is 0 Å². The summed E-state index contributed by atoms with van der Waals surface area (Å²) >= 11 is 3.63. The molecule has 1 aliphatic carbocycles. The third-order valence-electron chi connectivity index (χ3n) is 3.75. The molecule has 0 saturated heterocycles. The Bertz CT molecular complexity index is 359. The van der Waals surface area contributed by atoms with Gasteiger partial charge < -0.3 is 5.32 Å². The van der Waals surface area contributed by atoms with E-state index in [2.05, 4.69) is 54.3 Å². The van der Waals surface area contributed by atoms with E-state index in [1.165, 1.54) is 40.4 Å². The van der Waals surface area contributed by atoms with E-state index in [0.29, 0.717) is 6.04 Å². The Labute approximate surface area is 107 Å². The van der Waals surface area contributed by atoms with Crippen molar-refractivity contribution in [1.29, 1.82) is 0 Å². The minimum absolute atomic E-state index is 0.541. The summed E-state index contributed by atoms with van der Waals surface area (Å²) in [5.74, 6) is 0.838. The van der Waals surface area contributed by atoms with Crippen molar-refractivity contribution in [2.75, 3.05) is 7.05 Å². The fraction of sp³-hybridized carbons (Fsp3) is 0.571. The number of rotatable bonds is 3. The maximum Gasteiger partial charge on any atom is 0.0346 e. The van der Waals surface area contributed by atoms with Crippen LogP contribution in [0.15, 0.2) is 16.6 Å². The van der Waals surface area contributed by atoms with Crippen molar-refractivity contribution in [3.8, 4) is 0 Å². The normalized spacial score (nSPS) is 18.2. The van der Waals surface area contributed by atoms with Crippen LogP contribution in [0.2, 0.25) is 0 Å². The molecule has 1 aromatic carbocycles. The van der Waals surface area contributed by atoms with Crippen molar-refractivity contribution in [1.82, 2.24) is 5.32 Å². The molecule has 1 aromatic rings. The molecule has 0 amide bonds. The average Bonchev–Trinajstić information content (AvgIpc) is 2.18. The Balaban J connectivity index is 2.30. The number of hydrogen-bond acceptors (Lipinski definition) is 1. The van der Waals surface area contributed by atoms with Gasteiger partial charge in [0.25, 0.3) is 0 Å². The molecule has 0 aliphatic heterocycles.